The monoisotopic (exact) mass is 254 g/mol. The van der Waals surface area contributed by atoms with E-state index < -0.39 is 0 Å². The fourth-order valence-corrected chi connectivity index (χ4v) is 1.43. The molecule has 14 heavy (non-hydrogen) atoms. The standard InChI is InChI=1S/C10H11BrN2O/c1-6-5-12-9(4-8(6)11)10(14)13-7-2-3-7/h4-5,7H,2-3H2,1H3,(H,13,14). The summed E-state index contributed by atoms with van der Waals surface area (Å²) in [4.78, 5) is 15.6. The second kappa shape index (κ2) is 3.69. The first-order valence-electron chi connectivity index (χ1n) is 4.60. The van der Waals surface area contributed by atoms with Crippen molar-refractivity contribution in [3.05, 3.63) is 28.0 Å². The summed E-state index contributed by atoms with van der Waals surface area (Å²) < 4.78 is 0.924. The Morgan fingerprint density at radius 3 is 2.93 bits per heavy atom. The molecule has 3 nitrogen and oxygen atoms in total. The first-order chi connectivity index (χ1) is 6.66. The molecule has 1 aliphatic carbocycles. The van der Waals surface area contributed by atoms with Crippen LogP contribution in [0.4, 0.5) is 0 Å². The molecule has 1 heterocycles. The molecule has 0 unspecified atom stereocenters. The van der Waals surface area contributed by atoms with Crippen molar-refractivity contribution in [3.8, 4) is 0 Å². The van der Waals surface area contributed by atoms with Crippen molar-refractivity contribution in [1.29, 1.82) is 0 Å². The average Bonchev–Trinajstić information content (AvgIpc) is 2.93. The highest BCUT2D eigenvalue weighted by molar-refractivity contribution is 9.10. The number of pyridine rings is 1. The number of hydrogen-bond donors (Lipinski definition) is 1. The molecule has 1 aromatic rings. The highest BCUT2D eigenvalue weighted by Crippen LogP contribution is 2.20. The maximum atomic E-state index is 11.6. The lowest BCUT2D eigenvalue weighted by molar-refractivity contribution is 0.0946. The van der Waals surface area contributed by atoms with Gasteiger partial charge >= 0.3 is 0 Å². The fraction of sp³-hybridized carbons (Fsp3) is 0.400. The minimum absolute atomic E-state index is 0.0757. The molecule has 1 aliphatic rings. The van der Waals surface area contributed by atoms with Gasteiger partial charge in [0.25, 0.3) is 5.91 Å². The Balaban J connectivity index is 2.14. The number of carbonyl (C=O) groups excluding carboxylic acids is 1. The van der Waals surface area contributed by atoms with Crippen molar-refractivity contribution in [1.82, 2.24) is 10.3 Å². The van der Waals surface area contributed by atoms with Gasteiger partial charge in [0.1, 0.15) is 5.69 Å². The van der Waals surface area contributed by atoms with E-state index in [2.05, 4.69) is 26.2 Å². The number of aromatic nitrogens is 1. The maximum absolute atomic E-state index is 11.6. The van der Waals surface area contributed by atoms with E-state index in [9.17, 15) is 4.79 Å². The van der Waals surface area contributed by atoms with Crippen LogP contribution < -0.4 is 5.32 Å². The van der Waals surface area contributed by atoms with Crippen LogP contribution in [0.15, 0.2) is 16.7 Å². The average molecular weight is 255 g/mol. The molecule has 0 atom stereocenters. The molecule has 1 amide bonds. The van der Waals surface area contributed by atoms with Crippen LogP contribution >= 0.6 is 15.9 Å². The number of rotatable bonds is 2. The van der Waals surface area contributed by atoms with Gasteiger partial charge in [0.05, 0.1) is 0 Å². The number of aryl methyl sites for hydroxylation is 1. The molecule has 74 valence electrons. The highest BCUT2D eigenvalue weighted by Gasteiger charge is 2.24. The lowest BCUT2D eigenvalue weighted by Gasteiger charge is -2.03. The number of amides is 1. The zero-order valence-electron chi connectivity index (χ0n) is 7.88. The zero-order chi connectivity index (χ0) is 10.1. The summed E-state index contributed by atoms with van der Waals surface area (Å²) in [7, 11) is 0. The summed E-state index contributed by atoms with van der Waals surface area (Å²) in [5, 5.41) is 2.89. The van der Waals surface area contributed by atoms with Crippen LogP contribution in [0.5, 0.6) is 0 Å². The van der Waals surface area contributed by atoms with E-state index in [1.807, 2.05) is 6.92 Å². The van der Waals surface area contributed by atoms with Gasteiger partial charge in [-0.25, -0.2) is 0 Å². The first kappa shape index (κ1) is 9.65. The number of carbonyl (C=O) groups is 1. The molecule has 1 saturated carbocycles. The zero-order valence-corrected chi connectivity index (χ0v) is 9.47. The molecular formula is C10H11BrN2O. The van der Waals surface area contributed by atoms with Gasteiger partial charge in [-0.05, 0) is 31.4 Å². The van der Waals surface area contributed by atoms with E-state index in [0.717, 1.165) is 22.9 Å². The minimum atomic E-state index is -0.0757. The van der Waals surface area contributed by atoms with Crippen LogP contribution in [-0.4, -0.2) is 16.9 Å². The molecule has 1 fully saturated rings. The third-order valence-corrected chi connectivity index (χ3v) is 3.04. The number of nitrogens with one attached hydrogen (secondary N) is 1. The van der Waals surface area contributed by atoms with E-state index in [1.54, 1.807) is 12.3 Å². The van der Waals surface area contributed by atoms with Gasteiger partial charge in [0.15, 0.2) is 0 Å². The lowest BCUT2D eigenvalue weighted by atomic mass is 10.2. The normalized spacial score (nSPS) is 15.3. The van der Waals surface area contributed by atoms with Crippen LogP contribution in [0, 0.1) is 6.92 Å². The van der Waals surface area contributed by atoms with Crippen molar-refractivity contribution in [3.63, 3.8) is 0 Å². The van der Waals surface area contributed by atoms with E-state index >= 15 is 0 Å². The predicted octanol–water partition coefficient (Wildman–Crippen LogP) is 2.04. The Morgan fingerprint density at radius 2 is 2.36 bits per heavy atom. The van der Waals surface area contributed by atoms with Crippen molar-refractivity contribution < 1.29 is 4.79 Å². The molecule has 0 radical (unpaired) electrons. The van der Waals surface area contributed by atoms with E-state index in [4.69, 9.17) is 0 Å². The van der Waals surface area contributed by atoms with Crippen LogP contribution in [-0.2, 0) is 0 Å². The van der Waals surface area contributed by atoms with Gasteiger partial charge in [0.2, 0.25) is 0 Å². The second-order valence-corrected chi connectivity index (χ2v) is 4.42. The summed E-state index contributed by atoms with van der Waals surface area (Å²) >= 11 is 3.38. The van der Waals surface area contributed by atoms with E-state index in [-0.39, 0.29) is 5.91 Å². The van der Waals surface area contributed by atoms with Gasteiger partial charge in [-0.1, -0.05) is 15.9 Å². The van der Waals surface area contributed by atoms with E-state index in [1.165, 1.54) is 0 Å². The van der Waals surface area contributed by atoms with Crippen LogP contribution in [0.2, 0.25) is 0 Å². The number of hydrogen-bond acceptors (Lipinski definition) is 2. The van der Waals surface area contributed by atoms with Crippen LogP contribution in [0.25, 0.3) is 0 Å². The maximum Gasteiger partial charge on any atom is 0.270 e. The molecule has 0 spiro atoms. The molecule has 4 heteroatoms. The van der Waals surface area contributed by atoms with Gasteiger partial charge in [-0.2, -0.15) is 0 Å². The van der Waals surface area contributed by atoms with E-state index in [0.29, 0.717) is 11.7 Å². The Hall–Kier alpha value is -0.900. The Bertz CT molecular complexity index is 374. The predicted molar refractivity (Wildman–Crippen MR) is 57.2 cm³/mol. The lowest BCUT2D eigenvalue weighted by Crippen LogP contribution is -2.26. The quantitative estimate of drug-likeness (QED) is 0.878. The topological polar surface area (TPSA) is 42.0 Å². The number of nitrogens with zero attached hydrogens (tertiary/aromatic N) is 1. The van der Waals surface area contributed by atoms with Gasteiger partial charge in [-0.15, -0.1) is 0 Å². The number of halogens is 1. The second-order valence-electron chi connectivity index (χ2n) is 3.57. The third-order valence-electron chi connectivity index (χ3n) is 2.18. The summed E-state index contributed by atoms with van der Waals surface area (Å²) in [5.74, 6) is -0.0757. The molecule has 1 aromatic heterocycles. The summed E-state index contributed by atoms with van der Waals surface area (Å²) in [6, 6.07) is 2.14. The molecule has 1 N–H and O–H groups in total. The Kier molecular flexibility index (Phi) is 2.54. The van der Waals surface area contributed by atoms with Gasteiger partial charge < -0.3 is 5.32 Å². The third kappa shape index (κ3) is 2.12. The molecule has 0 aliphatic heterocycles. The SMILES string of the molecule is Cc1cnc(C(=O)NC2CC2)cc1Br. The molecule has 0 aromatic carbocycles. The smallest absolute Gasteiger partial charge is 0.270 e. The van der Waals surface area contributed by atoms with Crippen molar-refractivity contribution >= 4 is 21.8 Å². The summed E-state index contributed by atoms with van der Waals surface area (Å²) in [6.45, 7) is 1.94. The first-order valence-corrected chi connectivity index (χ1v) is 5.39. The summed E-state index contributed by atoms with van der Waals surface area (Å²) in [5.41, 5.74) is 1.52. The molecule has 0 saturated heterocycles. The van der Waals surface area contributed by atoms with Gasteiger partial charge in [-0.3, -0.25) is 9.78 Å². The Labute approximate surface area is 91.0 Å². The fourth-order valence-electron chi connectivity index (χ4n) is 1.11. The van der Waals surface area contributed by atoms with Crippen molar-refractivity contribution in [2.45, 2.75) is 25.8 Å². The van der Waals surface area contributed by atoms with Crippen molar-refractivity contribution in [2.75, 3.05) is 0 Å². The minimum Gasteiger partial charge on any atom is -0.348 e. The Morgan fingerprint density at radius 1 is 1.64 bits per heavy atom. The largest absolute Gasteiger partial charge is 0.348 e. The molecule has 2 rings (SSSR count). The van der Waals surface area contributed by atoms with Gasteiger partial charge in [0, 0.05) is 16.7 Å². The van der Waals surface area contributed by atoms with Crippen molar-refractivity contribution in [2.24, 2.45) is 0 Å². The van der Waals surface area contributed by atoms with Crippen LogP contribution in [0.3, 0.4) is 0 Å². The summed E-state index contributed by atoms with van der Waals surface area (Å²) in [6.07, 6.45) is 3.89. The molecular weight excluding hydrogens is 244 g/mol. The highest BCUT2D eigenvalue weighted by atomic mass is 79.9. The molecule has 0 bridgehead atoms. The van der Waals surface area contributed by atoms with Crippen LogP contribution in [0.1, 0.15) is 28.9 Å².